The van der Waals surface area contributed by atoms with E-state index in [1.807, 2.05) is 30.3 Å². The van der Waals surface area contributed by atoms with E-state index in [0.717, 1.165) is 29.6 Å². The molecule has 1 aromatic carbocycles. The van der Waals surface area contributed by atoms with Gasteiger partial charge in [0.15, 0.2) is 0 Å². The molecule has 0 aliphatic carbocycles. The summed E-state index contributed by atoms with van der Waals surface area (Å²) < 4.78 is 43.2. The third kappa shape index (κ3) is 3.88. The smallest absolute Gasteiger partial charge is 0.417 e. The molecule has 0 saturated carbocycles. The van der Waals surface area contributed by atoms with Crippen molar-refractivity contribution in [1.29, 1.82) is 0 Å². The molecule has 0 bridgehead atoms. The minimum absolute atomic E-state index is 0.0716. The van der Waals surface area contributed by atoms with Crippen molar-refractivity contribution < 1.29 is 17.6 Å². The third-order valence-corrected chi connectivity index (χ3v) is 4.34. The Balaban J connectivity index is 1.69. The standard InChI is InChI=1S/C15H9ClF3N3OS/c16-11-6-10(15(17,18)19)7-20-14(11)24-8-12-21-22-13(23-12)9-4-2-1-3-5-9/h1-7H,8H2. The number of thioether (sulfide) groups is 1. The highest BCUT2D eigenvalue weighted by Gasteiger charge is 2.31. The highest BCUT2D eigenvalue weighted by Crippen LogP contribution is 2.34. The van der Waals surface area contributed by atoms with Crippen LogP contribution < -0.4 is 0 Å². The minimum atomic E-state index is -4.48. The summed E-state index contributed by atoms with van der Waals surface area (Å²) in [6, 6.07) is 10.1. The van der Waals surface area contributed by atoms with Gasteiger partial charge in [0.1, 0.15) is 5.03 Å². The van der Waals surface area contributed by atoms with Crippen LogP contribution in [0.5, 0.6) is 0 Å². The minimum Gasteiger partial charge on any atom is -0.420 e. The Morgan fingerprint density at radius 3 is 2.54 bits per heavy atom. The van der Waals surface area contributed by atoms with Crippen molar-refractivity contribution in [1.82, 2.24) is 15.2 Å². The van der Waals surface area contributed by atoms with Crippen molar-refractivity contribution in [3.05, 3.63) is 59.1 Å². The zero-order valence-electron chi connectivity index (χ0n) is 11.9. The summed E-state index contributed by atoms with van der Waals surface area (Å²) in [4.78, 5) is 3.75. The van der Waals surface area contributed by atoms with E-state index in [2.05, 4.69) is 15.2 Å². The van der Waals surface area contributed by atoms with Gasteiger partial charge in [0, 0.05) is 11.8 Å². The summed E-state index contributed by atoms with van der Waals surface area (Å²) in [5.74, 6) is 0.951. The van der Waals surface area contributed by atoms with Crippen LogP contribution in [0.25, 0.3) is 11.5 Å². The van der Waals surface area contributed by atoms with Gasteiger partial charge in [0.25, 0.3) is 0 Å². The Hall–Kier alpha value is -2.06. The molecule has 0 aliphatic rings. The molecule has 2 heterocycles. The van der Waals surface area contributed by atoms with Crippen LogP contribution in [0.15, 0.2) is 52.0 Å². The number of pyridine rings is 1. The maximum atomic E-state index is 12.6. The maximum Gasteiger partial charge on any atom is 0.417 e. The molecule has 24 heavy (non-hydrogen) atoms. The van der Waals surface area contributed by atoms with E-state index in [1.165, 1.54) is 0 Å². The van der Waals surface area contributed by atoms with Gasteiger partial charge in [-0.05, 0) is 18.2 Å². The lowest BCUT2D eigenvalue weighted by atomic mass is 10.2. The van der Waals surface area contributed by atoms with Gasteiger partial charge in [-0.1, -0.05) is 41.6 Å². The van der Waals surface area contributed by atoms with E-state index in [1.54, 1.807) is 0 Å². The van der Waals surface area contributed by atoms with Gasteiger partial charge in [0.2, 0.25) is 11.8 Å². The molecule has 9 heteroatoms. The Kier molecular flexibility index (Phi) is 4.77. The summed E-state index contributed by atoms with van der Waals surface area (Å²) in [7, 11) is 0. The SMILES string of the molecule is FC(F)(F)c1cnc(SCc2nnc(-c3ccccc3)o2)c(Cl)c1. The quantitative estimate of drug-likeness (QED) is 0.597. The van der Waals surface area contributed by atoms with Crippen LogP contribution in [0.3, 0.4) is 0 Å². The number of nitrogens with zero attached hydrogens (tertiary/aromatic N) is 3. The first kappa shape index (κ1) is 16.8. The number of hydrogen-bond donors (Lipinski definition) is 0. The van der Waals surface area contributed by atoms with Gasteiger partial charge in [-0.2, -0.15) is 13.2 Å². The van der Waals surface area contributed by atoms with Crippen molar-refractivity contribution in [3.63, 3.8) is 0 Å². The summed E-state index contributed by atoms with van der Waals surface area (Å²) >= 11 is 6.97. The average molecular weight is 372 g/mol. The molecule has 0 aliphatic heterocycles. The molecule has 4 nitrogen and oxygen atoms in total. The van der Waals surface area contributed by atoms with Crippen LogP contribution >= 0.6 is 23.4 Å². The number of halogens is 4. The Labute approximate surface area is 144 Å². The molecule has 3 rings (SSSR count). The van der Waals surface area contributed by atoms with E-state index in [4.69, 9.17) is 16.0 Å². The van der Waals surface area contributed by atoms with Gasteiger partial charge < -0.3 is 4.42 Å². The normalized spacial score (nSPS) is 11.7. The van der Waals surface area contributed by atoms with Gasteiger partial charge in [-0.25, -0.2) is 4.98 Å². The predicted octanol–water partition coefficient (Wildman–Crippen LogP) is 5.10. The zero-order valence-corrected chi connectivity index (χ0v) is 13.5. The second kappa shape index (κ2) is 6.82. The fourth-order valence-electron chi connectivity index (χ4n) is 1.83. The van der Waals surface area contributed by atoms with Gasteiger partial charge in [-0.15, -0.1) is 10.2 Å². The van der Waals surface area contributed by atoms with E-state index in [9.17, 15) is 13.2 Å². The average Bonchev–Trinajstić information content (AvgIpc) is 3.02. The van der Waals surface area contributed by atoms with Gasteiger partial charge >= 0.3 is 6.18 Å². The molecule has 2 aromatic heterocycles. The molecule has 0 fully saturated rings. The van der Waals surface area contributed by atoms with E-state index in [-0.39, 0.29) is 15.8 Å². The first-order valence-electron chi connectivity index (χ1n) is 6.67. The van der Waals surface area contributed by atoms with Gasteiger partial charge in [-0.3, -0.25) is 0 Å². The number of benzene rings is 1. The summed E-state index contributed by atoms with van der Waals surface area (Å²) in [6.07, 6.45) is -3.73. The molecule has 0 spiro atoms. The Bertz CT molecular complexity index is 839. The third-order valence-electron chi connectivity index (χ3n) is 2.95. The number of aromatic nitrogens is 3. The van der Waals surface area contributed by atoms with Crippen LogP contribution in [0.1, 0.15) is 11.5 Å². The molecule has 0 N–H and O–H groups in total. The summed E-state index contributed by atoms with van der Waals surface area (Å²) in [5, 5.41) is 8.04. The lowest BCUT2D eigenvalue weighted by Gasteiger charge is -2.08. The summed E-state index contributed by atoms with van der Waals surface area (Å²) in [5.41, 5.74) is -0.104. The van der Waals surface area contributed by atoms with Crippen molar-refractivity contribution in [2.24, 2.45) is 0 Å². The van der Waals surface area contributed by atoms with E-state index >= 15 is 0 Å². The monoisotopic (exact) mass is 371 g/mol. The second-order valence-corrected chi connectivity index (χ2v) is 6.04. The van der Waals surface area contributed by atoms with Gasteiger partial charge in [0.05, 0.1) is 16.3 Å². The topological polar surface area (TPSA) is 51.8 Å². The number of rotatable bonds is 4. The highest BCUT2D eigenvalue weighted by atomic mass is 35.5. The summed E-state index contributed by atoms with van der Waals surface area (Å²) in [6.45, 7) is 0. The van der Waals surface area contributed by atoms with Crippen molar-refractivity contribution in [3.8, 4) is 11.5 Å². The molecule has 0 saturated heterocycles. The Morgan fingerprint density at radius 2 is 1.88 bits per heavy atom. The molecular formula is C15H9ClF3N3OS. The van der Waals surface area contributed by atoms with Crippen LogP contribution in [0.2, 0.25) is 5.02 Å². The zero-order chi connectivity index (χ0) is 17.2. The lowest BCUT2D eigenvalue weighted by Crippen LogP contribution is -2.05. The highest BCUT2D eigenvalue weighted by molar-refractivity contribution is 7.98. The lowest BCUT2D eigenvalue weighted by molar-refractivity contribution is -0.137. The van der Waals surface area contributed by atoms with E-state index in [0.29, 0.717) is 11.8 Å². The molecule has 3 aromatic rings. The largest absolute Gasteiger partial charge is 0.420 e. The maximum absolute atomic E-state index is 12.6. The molecule has 0 atom stereocenters. The molecule has 124 valence electrons. The second-order valence-electron chi connectivity index (χ2n) is 4.66. The molecule has 0 amide bonds. The van der Waals surface area contributed by atoms with Crippen LogP contribution in [0.4, 0.5) is 13.2 Å². The van der Waals surface area contributed by atoms with Crippen molar-refractivity contribution in [2.45, 2.75) is 17.0 Å². The van der Waals surface area contributed by atoms with Crippen LogP contribution in [-0.4, -0.2) is 15.2 Å². The molecular weight excluding hydrogens is 363 g/mol. The predicted molar refractivity (Wildman–Crippen MR) is 83.5 cm³/mol. The molecule has 0 unspecified atom stereocenters. The number of hydrogen-bond acceptors (Lipinski definition) is 5. The van der Waals surface area contributed by atoms with Crippen molar-refractivity contribution >= 4 is 23.4 Å². The molecule has 0 radical (unpaired) electrons. The first-order chi connectivity index (χ1) is 11.4. The van der Waals surface area contributed by atoms with Crippen LogP contribution in [-0.2, 0) is 11.9 Å². The fourth-order valence-corrected chi connectivity index (χ4v) is 2.86. The van der Waals surface area contributed by atoms with E-state index < -0.39 is 11.7 Å². The number of alkyl halides is 3. The Morgan fingerprint density at radius 1 is 1.12 bits per heavy atom. The van der Waals surface area contributed by atoms with Crippen LogP contribution in [0, 0.1) is 0 Å². The first-order valence-corrected chi connectivity index (χ1v) is 8.03. The fraction of sp³-hybridized carbons (Fsp3) is 0.133. The van der Waals surface area contributed by atoms with Crippen molar-refractivity contribution in [2.75, 3.05) is 0 Å².